The summed E-state index contributed by atoms with van der Waals surface area (Å²) in [6, 6.07) is 0.663. The van der Waals surface area contributed by atoms with Crippen LogP contribution < -0.4 is 16.6 Å². The molecule has 0 bridgehead atoms. The zero-order chi connectivity index (χ0) is 11.5. The summed E-state index contributed by atoms with van der Waals surface area (Å²) >= 11 is 1.87. The van der Waals surface area contributed by atoms with Crippen LogP contribution in [0.3, 0.4) is 0 Å². The smallest absolute Gasteiger partial charge is 0.144 e. The Balaban J connectivity index is 1.94. The summed E-state index contributed by atoms with van der Waals surface area (Å²) in [6.45, 7) is 3.35. The lowest BCUT2D eigenvalue weighted by molar-refractivity contribution is 0.326. The molecule has 0 amide bonds. The molecule has 1 heterocycles. The molecule has 5 heteroatoms. The topological polar surface area (TPSA) is 53.3 Å². The molecule has 2 aliphatic rings. The number of hydrazine groups is 1. The highest BCUT2D eigenvalue weighted by atomic mass is 32.2. The van der Waals surface area contributed by atoms with Gasteiger partial charge in [-0.05, 0) is 32.2 Å². The van der Waals surface area contributed by atoms with Gasteiger partial charge >= 0.3 is 0 Å². The first-order chi connectivity index (χ1) is 7.76. The molecule has 0 aromatic rings. The van der Waals surface area contributed by atoms with Crippen molar-refractivity contribution in [1.82, 2.24) is 15.6 Å². The lowest BCUT2D eigenvalue weighted by Crippen LogP contribution is -2.41. The fourth-order valence-electron chi connectivity index (χ4n) is 2.41. The molecule has 0 spiro atoms. The van der Waals surface area contributed by atoms with E-state index in [0.717, 1.165) is 6.54 Å². The summed E-state index contributed by atoms with van der Waals surface area (Å²) in [6.07, 6.45) is 4.81. The van der Waals surface area contributed by atoms with Crippen molar-refractivity contribution in [3.8, 4) is 0 Å². The van der Waals surface area contributed by atoms with Gasteiger partial charge in [-0.2, -0.15) is 0 Å². The van der Waals surface area contributed by atoms with Crippen LogP contribution in [0.1, 0.15) is 32.6 Å². The first-order valence-corrected chi connectivity index (χ1v) is 6.95. The van der Waals surface area contributed by atoms with Gasteiger partial charge in [0.1, 0.15) is 5.50 Å². The van der Waals surface area contributed by atoms with Crippen molar-refractivity contribution in [1.29, 1.82) is 0 Å². The molecular weight excluding hydrogens is 220 g/mol. The number of rotatable bonds is 4. The van der Waals surface area contributed by atoms with Gasteiger partial charge in [0, 0.05) is 23.7 Å². The minimum absolute atomic E-state index is 0.231. The van der Waals surface area contributed by atoms with E-state index in [1.165, 1.54) is 36.3 Å². The quantitative estimate of drug-likeness (QED) is 0.510. The van der Waals surface area contributed by atoms with Crippen LogP contribution in [-0.4, -0.2) is 30.0 Å². The van der Waals surface area contributed by atoms with Crippen LogP contribution in [0.2, 0.25) is 0 Å². The third-order valence-corrected chi connectivity index (χ3v) is 4.70. The minimum Gasteiger partial charge on any atom is -0.352 e. The van der Waals surface area contributed by atoms with Crippen LogP contribution in [0.25, 0.3) is 0 Å². The molecule has 0 aromatic heterocycles. The van der Waals surface area contributed by atoms with Crippen molar-refractivity contribution >= 4 is 11.8 Å². The van der Waals surface area contributed by atoms with E-state index >= 15 is 0 Å². The van der Waals surface area contributed by atoms with E-state index < -0.39 is 0 Å². The van der Waals surface area contributed by atoms with E-state index in [1.54, 1.807) is 0 Å². The Morgan fingerprint density at radius 1 is 1.56 bits per heavy atom. The molecule has 1 unspecified atom stereocenters. The summed E-state index contributed by atoms with van der Waals surface area (Å²) in [4.78, 5) is 3.79. The molecule has 16 heavy (non-hydrogen) atoms. The van der Waals surface area contributed by atoms with E-state index in [9.17, 15) is 0 Å². The Hall–Kier alpha value is -0.230. The second-order valence-electron chi connectivity index (χ2n) is 4.51. The van der Waals surface area contributed by atoms with Crippen LogP contribution in [0.15, 0.2) is 10.6 Å². The lowest BCUT2D eigenvalue weighted by atomic mass is 9.98. The molecule has 4 N–H and O–H groups in total. The van der Waals surface area contributed by atoms with Gasteiger partial charge in [0.2, 0.25) is 0 Å². The molecule has 0 saturated carbocycles. The second-order valence-corrected chi connectivity index (χ2v) is 5.69. The Labute approximate surface area is 102 Å². The largest absolute Gasteiger partial charge is 0.352 e. The molecular formula is C11H22N4S. The zero-order valence-electron chi connectivity index (χ0n) is 10.1. The highest BCUT2D eigenvalue weighted by molar-refractivity contribution is 8.03. The fraction of sp³-hybridized carbons (Fsp3) is 0.818. The number of nitrogens with two attached hydrogens (primary N) is 1. The summed E-state index contributed by atoms with van der Waals surface area (Å²) in [7, 11) is 2.12. The van der Waals surface area contributed by atoms with Crippen molar-refractivity contribution < 1.29 is 0 Å². The fourth-order valence-corrected chi connectivity index (χ4v) is 3.71. The maximum absolute atomic E-state index is 5.54. The molecule has 92 valence electrons. The lowest BCUT2D eigenvalue weighted by Gasteiger charge is -2.27. The monoisotopic (exact) mass is 242 g/mol. The molecule has 4 nitrogen and oxygen atoms in total. The highest BCUT2D eigenvalue weighted by Gasteiger charge is 2.33. The average molecular weight is 242 g/mol. The molecule has 0 radical (unpaired) electrons. The van der Waals surface area contributed by atoms with E-state index in [-0.39, 0.29) is 5.50 Å². The van der Waals surface area contributed by atoms with Gasteiger partial charge in [-0.1, -0.05) is 18.7 Å². The summed E-state index contributed by atoms with van der Waals surface area (Å²) in [5.74, 6) is 5.54. The van der Waals surface area contributed by atoms with Crippen LogP contribution in [0, 0.1) is 0 Å². The molecule has 0 saturated heterocycles. The summed E-state index contributed by atoms with van der Waals surface area (Å²) in [5.41, 5.74) is 4.57. The third kappa shape index (κ3) is 2.37. The third-order valence-electron chi connectivity index (χ3n) is 3.34. The number of hydrogen-bond donors (Lipinski definition) is 3. The van der Waals surface area contributed by atoms with E-state index in [1.807, 2.05) is 11.8 Å². The van der Waals surface area contributed by atoms with Crippen LogP contribution >= 0.6 is 11.8 Å². The van der Waals surface area contributed by atoms with Gasteiger partial charge < -0.3 is 10.2 Å². The van der Waals surface area contributed by atoms with Crippen molar-refractivity contribution in [2.45, 2.75) is 44.1 Å². The molecule has 1 aliphatic carbocycles. The molecule has 2 rings (SSSR count). The van der Waals surface area contributed by atoms with Gasteiger partial charge in [-0.15, -0.1) is 0 Å². The molecule has 2 atom stereocenters. The maximum atomic E-state index is 5.54. The number of allylic oxidation sites excluding steroid dienone is 1. The Bertz CT molecular complexity index is 279. The van der Waals surface area contributed by atoms with Crippen LogP contribution in [0.5, 0.6) is 0 Å². The van der Waals surface area contributed by atoms with Gasteiger partial charge in [-0.25, -0.2) is 5.43 Å². The highest BCUT2D eigenvalue weighted by Crippen LogP contribution is 2.43. The number of hydrogen-bond acceptors (Lipinski definition) is 5. The Kier molecular flexibility index (Phi) is 4.13. The average Bonchev–Trinajstić information content (AvgIpc) is 2.63. The first-order valence-electron chi connectivity index (χ1n) is 6.07. The Morgan fingerprint density at radius 3 is 3.06 bits per heavy atom. The van der Waals surface area contributed by atoms with Crippen molar-refractivity contribution in [3.05, 3.63) is 10.6 Å². The van der Waals surface area contributed by atoms with Gasteiger partial charge in [0.25, 0.3) is 0 Å². The number of nitrogens with zero attached hydrogens (tertiary/aromatic N) is 1. The van der Waals surface area contributed by atoms with Gasteiger partial charge in [-0.3, -0.25) is 5.84 Å². The predicted octanol–water partition coefficient (Wildman–Crippen LogP) is 1.18. The van der Waals surface area contributed by atoms with Crippen LogP contribution in [-0.2, 0) is 0 Å². The predicted molar refractivity (Wildman–Crippen MR) is 69.4 cm³/mol. The van der Waals surface area contributed by atoms with Crippen molar-refractivity contribution in [2.24, 2.45) is 5.84 Å². The van der Waals surface area contributed by atoms with Gasteiger partial charge in [0.15, 0.2) is 0 Å². The molecule has 0 fully saturated rings. The number of thioether (sulfide) groups is 1. The summed E-state index contributed by atoms with van der Waals surface area (Å²) < 4.78 is 0. The Morgan fingerprint density at radius 2 is 2.38 bits per heavy atom. The SMILES string of the molecule is CCCN[C@H]1CCC2=C(C1)SC(NN)N2C. The van der Waals surface area contributed by atoms with Crippen LogP contribution in [0.4, 0.5) is 0 Å². The standard InChI is InChI=1S/C11H22N4S/c1-3-6-13-8-4-5-9-10(7-8)16-11(14-12)15(9)2/h8,11,13-14H,3-7,12H2,1-2H3/t8-,11?/m0/s1. The van der Waals surface area contributed by atoms with Gasteiger partial charge in [0.05, 0.1) is 0 Å². The molecule has 1 aliphatic heterocycles. The normalized spacial score (nSPS) is 29.8. The minimum atomic E-state index is 0.231. The summed E-state index contributed by atoms with van der Waals surface area (Å²) in [5, 5.41) is 3.61. The van der Waals surface area contributed by atoms with Crippen molar-refractivity contribution in [2.75, 3.05) is 13.6 Å². The maximum Gasteiger partial charge on any atom is 0.144 e. The van der Waals surface area contributed by atoms with E-state index in [4.69, 9.17) is 5.84 Å². The van der Waals surface area contributed by atoms with Crippen molar-refractivity contribution in [3.63, 3.8) is 0 Å². The zero-order valence-corrected chi connectivity index (χ0v) is 10.9. The first kappa shape index (κ1) is 12.2. The number of nitrogens with one attached hydrogen (secondary N) is 2. The van der Waals surface area contributed by atoms with E-state index in [2.05, 4.69) is 29.6 Å². The molecule has 0 aromatic carbocycles. The second kappa shape index (κ2) is 5.40. The van der Waals surface area contributed by atoms with E-state index in [0.29, 0.717) is 6.04 Å².